The van der Waals surface area contributed by atoms with E-state index in [-0.39, 0.29) is 6.04 Å². The van der Waals surface area contributed by atoms with Crippen LogP contribution in [0.4, 0.5) is 5.69 Å². The Bertz CT molecular complexity index is 463. The molecule has 0 amide bonds. The summed E-state index contributed by atoms with van der Waals surface area (Å²) in [5.41, 5.74) is 1.97. The molecule has 90 valence electrons. The zero-order valence-corrected chi connectivity index (χ0v) is 10.3. The molecule has 1 unspecified atom stereocenters. The summed E-state index contributed by atoms with van der Waals surface area (Å²) in [6.07, 6.45) is 0.441. The molecule has 1 aromatic carbocycles. The Kier molecular flexibility index (Phi) is 4.11. The van der Waals surface area contributed by atoms with Crippen LogP contribution in [0.5, 0.6) is 0 Å². The quantitative estimate of drug-likeness (QED) is 0.865. The lowest BCUT2D eigenvalue weighted by atomic mass is 10.1. The first-order chi connectivity index (χ1) is 7.97. The summed E-state index contributed by atoms with van der Waals surface area (Å²) in [6, 6.07) is 7.43. The van der Waals surface area contributed by atoms with Gasteiger partial charge in [0.05, 0.1) is 18.1 Å². The van der Waals surface area contributed by atoms with Crippen LogP contribution < -0.4 is 4.90 Å². The van der Waals surface area contributed by atoms with Crippen LogP contribution in [0.25, 0.3) is 0 Å². The molecule has 1 N–H and O–H groups in total. The molecule has 0 aromatic heterocycles. The first-order valence-corrected chi connectivity index (χ1v) is 5.41. The Balaban J connectivity index is 2.98. The zero-order valence-electron chi connectivity index (χ0n) is 10.3. The van der Waals surface area contributed by atoms with E-state index in [0.717, 1.165) is 11.3 Å². The van der Waals surface area contributed by atoms with Crippen LogP contribution in [0.2, 0.25) is 0 Å². The Morgan fingerprint density at radius 2 is 2.24 bits per heavy atom. The van der Waals surface area contributed by atoms with E-state index < -0.39 is 5.97 Å². The predicted molar refractivity (Wildman–Crippen MR) is 66.2 cm³/mol. The Hall–Kier alpha value is -2.02. The second-order valence-electron chi connectivity index (χ2n) is 4.13. The summed E-state index contributed by atoms with van der Waals surface area (Å²) in [5.74, 6) is -0.915. The fourth-order valence-corrected chi connectivity index (χ4v) is 1.63. The van der Waals surface area contributed by atoms with Crippen molar-refractivity contribution < 1.29 is 9.90 Å². The van der Waals surface area contributed by atoms with E-state index in [1.807, 2.05) is 24.9 Å². The van der Waals surface area contributed by atoms with Crippen molar-refractivity contribution in [3.8, 4) is 6.07 Å². The summed E-state index contributed by atoms with van der Waals surface area (Å²) in [7, 11) is 1.90. The van der Waals surface area contributed by atoms with E-state index in [4.69, 9.17) is 10.4 Å². The van der Waals surface area contributed by atoms with Gasteiger partial charge < -0.3 is 10.0 Å². The van der Waals surface area contributed by atoms with Gasteiger partial charge in [-0.2, -0.15) is 5.26 Å². The van der Waals surface area contributed by atoms with E-state index in [1.165, 1.54) is 0 Å². The smallest absolute Gasteiger partial charge is 0.335 e. The van der Waals surface area contributed by atoms with Crippen LogP contribution in [0.1, 0.15) is 29.3 Å². The molecule has 0 heterocycles. The van der Waals surface area contributed by atoms with Crippen molar-refractivity contribution in [3.05, 3.63) is 29.3 Å². The lowest BCUT2D eigenvalue weighted by Gasteiger charge is -2.25. The highest BCUT2D eigenvalue weighted by Crippen LogP contribution is 2.20. The lowest BCUT2D eigenvalue weighted by Crippen LogP contribution is -2.28. The second-order valence-corrected chi connectivity index (χ2v) is 4.13. The number of benzene rings is 1. The molecule has 1 aromatic rings. The van der Waals surface area contributed by atoms with Crippen LogP contribution in [-0.2, 0) is 0 Å². The topological polar surface area (TPSA) is 64.3 Å². The molecule has 0 fully saturated rings. The number of carboxylic acids is 1. The molecule has 0 aliphatic heterocycles. The molecule has 0 aliphatic carbocycles. The zero-order chi connectivity index (χ0) is 13.0. The minimum absolute atomic E-state index is 0.107. The normalized spacial score (nSPS) is 11.6. The van der Waals surface area contributed by atoms with Crippen molar-refractivity contribution in [2.75, 3.05) is 11.9 Å². The Labute approximate surface area is 101 Å². The molecule has 1 atom stereocenters. The standard InChI is InChI=1S/C13H16N2O2/c1-9-8-11(4-5-12(9)13(16)17)15(3)10(2)6-7-14/h4-5,8,10H,6H2,1-3H3,(H,16,17). The number of nitrogens with zero attached hydrogens (tertiary/aromatic N) is 2. The van der Waals surface area contributed by atoms with Crippen molar-refractivity contribution in [3.63, 3.8) is 0 Å². The van der Waals surface area contributed by atoms with Gasteiger partial charge in [0.1, 0.15) is 0 Å². The monoisotopic (exact) mass is 232 g/mol. The second kappa shape index (κ2) is 5.35. The van der Waals surface area contributed by atoms with Crippen LogP contribution in [0.15, 0.2) is 18.2 Å². The van der Waals surface area contributed by atoms with Gasteiger partial charge in [-0.05, 0) is 37.6 Å². The lowest BCUT2D eigenvalue weighted by molar-refractivity contribution is 0.0696. The van der Waals surface area contributed by atoms with E-state index in [9.17, 15) is 4.79 Å². The summed E-state index contributed by atoms with van der Waals surface area (Å²) in [6.45, 7) is 3.74. The number of aryl methyl sites for hydroxylation is 1. The number of anilines is 1. The maximum Gasteiger partial charge on any atom is 0.335 e. The molecular formula is C13H16N2O2. The average Bonchev–Trinajstić information content (AvgIpc) is 2.27. The minimum atomic E-state index is -0.915. The molecule has 0 bridgehead atoms. The fraction of sp³-hybridized carbons (Fsp3) is 0.385. The van der Waals surface area contributed by atoms with Crippen molar-refractivity contribution >= 4 is 11.7 Å². The first kappa shape index (κ1) is 13.0. The van der Waals surface area contributed by atoms with Gasteiger partial charge in [0, 0.05) is 18.8 Å². The largest absolute Gasteiger partial charge is 0.478 e. The van der Waals surface area contributed by atoms with Crippen molar-refractivity contribution in [2.45, 2.75) is 26.3 Å². The van der Waals surface area contributed by atoms with Gasteiger partial charge in [0.15, 0.2) is 0 Å². The van der Waals surface area contributed by atoms with Gasteiger partial charge in [-0.15, -0.1) is 0 Å². The third-order valence-electron chi connectivity index (χ3n) is 2.90. The molecule has 0 saturated heterocycles. The maximum absolute atomic E-state index is 10.9. The van der Waals surface area contributed by atoms with Crippen LogP contribution in [0.3, 0.4) is 0 Å². The molecule has 1 rings (SSSR count). The third-order valence-corrected chi connectivity index (χ3v) is 2.90. The number of aromatic carboxylic acids is 1. The molecule has 0 radical (unpaired) electrons. The van der Waals surface area contributed by atoms with Crippen LogP contribution >= 0.6 is 0 Å². The summed E-state index contributed by atoms with van der Waals surface area (Å²) in [4.78, 5) is 12.9. The third kappa shape index (κ3) is 2.97. The van der Waals surface area contributed by atoms with Crippen LogP contribution in [-0.4, -0.2) is 24.2 Å². The number of carbonyl (C=O) groups is 1. The van der Waals surface area contributed by atoms with Crippen molar-refractivity contribution in [2.24, 2.45) is 0 Å². The maximum atomic E-state index is 10.9. The Morgan fingerprint density at radius 3 is 2.71 bits per heavy atom. The van der Waals surface area contributed by atoms with E-state index in [0.29, 0.717) is 12.0 Å². The highest BCUT2D eigenvalue weighted by atomic mass is 16.4. The molecule has 4 nitrogen and oxygen atoms in total. The van der Waals surface area contributed by atoms with Crippen LogP contribution in [0, 0.1) is 18.3 Å². The summed E-state index contributed by atoms with van der Waals surface area (Å²) in [5, 5.41) is 17.6. The molecule has 17 heavy (non-hydrogen) atoms. The number of rotatable bonds is 4. The van der Waals surface area contributed by atoms with Gasteiger partial charge in [-0.25, -0.2) is 4.79 Å². The molecule has 0 saturated carbocycles. The number of carboxylic acid groups (broad SMARTS) is 1. The summed E-state index contributed by atoms with van der Waals surface area (Å²) < 4.78 is 0. The number of hydrogen-bond donors (Lipinski definition) is 1. The Morgan fingerprint density at radius 1 is 1.59 bits per heavy atom. The van der Waals surface area contributed by atoms with E-state index >= 15 is 0 Å². The molecule has 0 aliphatic rings. The predicted octanol–water partition coefficient (Wildman–Crippen LogP) is 2.43. The SMILES string of the molecule is Cc1cc(N(C)C(C)CC#N)ccc1C(=O)O. The first-order valence-electron chi connectivity index (χ1n) is 5.41. The van der Waals surface area contributed by atoms with Gasteiger partial charge >= 0.3 is 5.97 Å². The minimum Gasteiger partial charge on any atom is -0.478 e. The van der Waals surface area contributed by atoms with Gasteiger partial charge in [-0.3, -0.25) is 0 Å². The average molecular weight is 232 g/mol. The fourth-order valence-electron chi connectivity index (χ4n) is 1.63. The highest BCUT2D eigenvalue weighted by molar-refractivity contribution is 5.89. The number of hydrogen-bond acceptors (Lipinski definition) is 3. The molecular weight excluding hydrogens is 216 g/mol. The highest BCUT2D eigenvalue weighted by Gasteiger charge is 2.12. The number of nitriles is 1. The van der Waals surface area contributed by atoms with Crippen molar-refractivity contribution in [1.29, 1.82) is 5.26 Å². The molecule has 0 spiro atoms. The van der Waals surface area contributed by atoms with Gasteiger partial charge in [0.25, 0.3) is 0 Å². The summed E-state index contributed by atoms with van der Waals surface area (Å²) >= 11 is 0. The van der Waals surface area contributed by atoms with E-state index in [2.05, 4.69) is 6.07 Å². The molecule has 4 heteroatoms. The van der Waals surface area contributed by atoms with E-state index in [1.54, 1.807) is 19.1 Å². The van der Waals surface area contributed by atoms with Gasteiger partial charge in [0.2, 0.25) is 0 Å². The van der Waals surface area contributed by atoms with Gasteiger partial charge in [-0.1, -0.05) is 0 Å². The van der Waals surface area contributed by atoms with Crippen molar-refractivity contribution in [1.82, 2.24) is 0 Å².